The van der Waals surface area contributed by atoms with Crippen LogP contribution in [0.25, 0.3) is 64.4 Å². The molecule has 0 aliphatic carbocycles. The fraction of sp³-hybridized carbons (Fsp3) is 0. The van der Waals surface area contributed by atoms with Crippen molar-refractivity contribution >= 4 is 81.7 Å². The standard InChI is InChI=1S/C38H23NO2S/c1-2-10-26(11-3-1)39(28-18-19-31-36(23-28)42-38-30-14-5-7-16-34(30)41-37(31)38)27-12-8-9-24(21-27)25-17-20-35-32(22-25)29-13-4-6-15-33(29)40-35/h1-23H. The zero-order valence-electron chi connectivity index (χ0n) is 22.5. The Labute approximate surface area is 245 Å². The molecule has 6 aromatic carbocycles. The van der Waals surface area contributed by atoms with Crippen LogP contribution >= 0.6 is 11.3 Å². The smallest absolute Gasteiger partial charge is 0.154 e. The van der Waals surface area contributed by atoms with Gasteiger partial charge in [0.2, 0.25) is 0 Å². The summed E-state index contributed by atoms with van der Waals surface area (Å²) < 4.78 is 14.8. The van der Waals surface area contributed by atoms with Gasteiger partial charge in [0.15, 0.2) is 5.58 Å². The van der Waals surface area contributed by atoms with E-state index in [2.05, 4.69) is 120 Å². The minimum Gasteiger partial charge on any atom is -0.456 e. The first-order valence-electron chi connectivity index (χ1n) is 14.0. The van der Waals surface area contributed by atoms with Crippen molar-refractivity contribution in [3.05, 3.63) is 140 Å². The molecule has 0 aliphatic rings. The van der Waals surface area contributed by atoms with Crippen LogP contribution in [0.15, 0.2) is 148 Å². The molecule has 0 fully saturated rings. The summed E-state index contributed by atoms with van der Waals surface area (Å²) in [5.74, 6) is 0. The van der Waals surface area contributed by atoms with Crippen LogP contribution in [0.4, 0.5) is 17.1 Å². The Kier molecular flexibility index (Phi) is 5.07. The van der Waals surface area contributed by atoms with Gasteiger partial charge in [-0.3, -0.25) is 0 Å². The van der Waals surface area contributed by atoms with E-state index < -0.39 is 0 Å². The number of nitrogens with zero attached hydrogens (tertiary/aromatic N) is 1. The summed E-state index contributed by atoms with van der Waals surface area (Å²) in [7, 11) is 0. The highest BCUT2D eigenvalue weighted by Gasteiger charge is 2.18. The predicted octanol–water partition coefficient (Wildman–Crippen LogP) is 11.8. The number of hydrogen-bond donors (Lipinski definition) is 0. The predicted molar refractivity (Wildman–Crippen MR) is 176 cm³/mol. The zero-order chi connectivity index (χ0) is 27.6. The van der Waals surface area contributed by atoms with Gasteiger partial charge in [-0.25, -0.2) is 0 Å². The lowest BCUT2D eigenvalue weighted by atomic mass is 10.0. The van der Waals surface area contributed by atoms with Gasteiger partial charge in [-0.1, -0.05) is 66.7 Å². The molecule has 0 bridgehead atoms. The van der Waals surface area contributed by atoms with Gasteiger partial charge in [-0.15, -0.1) is 11.3 Å². The monoisotopic (exact) mass is 557 g/mol. The molecule has 0 unspecified atom stereocenters. The molecule has 198 valence electrons. The molecular formula is C38H23NO2S. The lowest BCUT2D eigenvalue weighted by Crippen LogP contribution is -2.09. The zero-order valence-corrected chi connectivity index (χ0v) is 23.3. The van der Waals surface area contributed by atoms with E-state index >= 15 is 0 Å². The van der Waals surface area contributed by atoms with Crippen LogP contribution in [0.1, 0.15) is 0 Å². The average molecular weight is 558 g/mol. The molecule has 3 heterocycles. The third-order valence-electron chi connectivity index (χ3n) is 8.06. The van der Waals surface area contributed by atoms with Crippen molar-refractivity contribution in [1.29, 1.82) is 0 Å². The van der Waals surface area contributed by atoms with Crippen LogP contribution in [0.5, 0.6) is 0 Å². The van der Waals surface area contributed by atoms with E-state index in [4.69, 9.17) is 8.83 Å². The number of thiophene rings is 1. The summed E-state index contributed by atoms with van der Waals surface area (Å²) in [5, 5.41) is 4.59. The maximum Gasteiger partial charge on any atom is 0.154 e. The van der Waals surface area contributed by atoms with Gasteiger partial charge in [0.1, 0.15) is 16.7 Å². The molecule has 42 heavy (non-hydrogen) atoms. The largest absolute Gasteiger partial charge is 0.456 e. The molecular weight excluding hydrogens is 534 g/mol. The Bertz CT molecular complexity index is 2430. The van der Waals surface area contributed by atoms with E-state index in [1.165, 1.54) is 14.8 Å². The van der Waals surface area contributed by atoms with Crippen molar-refractivity contribution in [3.63, 3.8) is 0 Å². The van der Waals surface area contributed by atoms with E-state index in [1.807, 2.05) is 24.3 Å². The molecule has 3 aromatic heterocycles. The van der Waals surface area contributed by atoms with Gasteiger partial charge in [0, 0.05) is 43.3 Å². The normalized spacial score (nSPS) is 11.8. The van der Waals surface area contributed by atoms with Crippen LogP contribution in [0.3, 0.4) is 0 Å². The molecule has 0 amide bonds. The first-order valence-corrected chi connectivity index (χ1v) is 14.8. The number of furan rings is 2. The molecule has 4 heteroatoms. The number of hydrogen-bond acceptors (Lipinski definition) is 4. The Morgan fingerprint density at radius 3 is 2.00 bits per heavy atom. The SMILES string of the molecule is c1ccc(N(c2cccc(-c3ccc4oc5ccccc5c4c3)c2)c2ccc3c(c2)sc2c4ccccc4oc32)cc1. The quantitative estimate of drug-likeness (QED) is 0.215. The van der Waals surface area contributed by atoms with Gasteiger partial charge in [-0.2, -0.15) is 0 Å². The number of benzene rings is 6. The number of fused-ring (bicyclic) bond motifs is 8. The van der Waals surface area contributed by atoms with Crippen molar-refractivity contribution in [2.24, 2.45) is 0 Å². The maximum absolute atomic E-state index is 6.28. The number of anilines is 3. The lowest BCUT2D eigenvalue weighted by Gasteiger charge is -2.26. The Hall–Kier alpha value is -5.32. The molecule has 0 radical (unpaired) electrons. The van der Waals surface area contributed by atoms with Crippen LogP contribution in [0, 0.1) is 0 Å². The van der Waals surface area contributed by atoms with Crippen molar-refractivity contribution in [2.75, 3.05) is 4.90 Å². The summed E-state index contributed by atoms with van der Waals surface area (Å²) >= 11 is 1.79. The lowest BCUT2D eigenvalue weighted by molar-refractivity contribution is 0.669. The molecule has 3 nitrogen and oxygen atoms in total. The summed E-state index contributed by atoms with van der Waals surface area (Å²) in [6.45, 7) is 0. The molecule has 0 spiro atoms. The van der Waals surface area contributed by atoms with Crippen LogP contribution in [0.2, 0.25) is 0 Å². The highest BCUT2D eigenvalue weighted by atomic mass is 32.1. The first kappa shape index (κ1) is 23.4. The topological polar surface area (TPSA) is 29.5 Å². The van der Waals surface area contributed by atoms with Crippen LogP contribution < -0.4 is 4.90 Å². The number of para-hydroxylation sites is 3. The molecule has 0 atom stereocenters. The second-order valence-electron chi connectivity index (χ2n) is 10.6. The highest BCUT2D eigenvalue weighted by molar-refractivity contribution is 7.26. The summed E-state index contributed by atoms with van der Waals surface area (Å²) in [5.41, 5.74) is 9.35. The fourth-order valence-electron chi connectivity index (χ4n) is 6.09. The summed E-state index contributed by atoms with van der Waals surface area (Å²) in [6.07, 6.45) is 0. The van der Waals surface area contributed by atoms with E-state index in [9.17, 15) is 0 Å². The van der Waals surface area contributed by atoms with Gasteiger partial charge in [0.25, 0.3) is 0 Å². The Morgan fingerprint density at radius 1 is 0.429 bits per heavy atom. The molecule has 0 N–H and O–H groups in total. The Balaban J connectivity index is 1.19. The van der Waals surface area contributed by atoms with Crippen LogP contribution in [-0.2, 0) is 0 Å². The second kappa shape index (κ2) is 9.10. The van der Waals surface area contributed by atoms with E-state index in [1.54, 1.807) is 11.3 Å². The van der Waals surface area contributed by atoms with E-state index in [0.717, 1.165) is 66.7 Å². The van der Waals surface area contributed by atoms with Crippen molar-refractivity contribution in [2.45, 2.75) is 0 Å². The first-order chi connectivity index (χ1) is 20.8. The van der Waals surface area contributed by atoms with Gasteiger partial charge in [-0.05, 0) is 83.9 Å². The average Bonchev–Trinajstić information content (AvgIpc) is 3.71. The minimum absolute atomic E-state index is 0.907. The van der Waals surface area contributed by atoms with Gasteiger partial charge < -0.3 is 13.7 Å². The fourth-order valence-corrected chi connectivity index (χ4v) is 7.28. The van der Waals surface area contributed by atoms with Gasteiger partial charge in [0.05, 0.1) is 4.70 Å². The summed E-state index contributed by atoms with van der Waals surface area (Å²) in [6, 6.07) is 49.0. The Morgan fingerprint density at radius 2 is 1.12 bits per heavy atom. The van der Waals surface area contributed by atoms with E-state index in [-0.39, 0.29) is 0 Å². The molecule has 0 saturated heterocycles. The highest BCUT2D eigenvalue weighted by Crippen LogP contribution is 2.44. The third kappa shape index (κ3) is 3.59. The van der Waals surface area contributed by atoms with Crippen molar-refractivity contribution < 1.29 is 8.83 Å². The van der Waals surface area contributed by atoms with Crippen molar-refractivity contribution in [1.82, 2.24) is 0 Å². The van der Waals surface area contributed by atoms with Crippen LogP contribution in [-0.4, -0.2) is 0 Å². The van der Waals surface area contributed by atoms with E-state index in [0.29, 0.717) is 0 Å². The maximum atomic E-state index is 6.28. The molecule has 9 aromatic rings. The third-order valence-corrected chi connectivity index (χ3v) is 9.23. The minimum atomic E-state index is 0.907. The van der Waals surface area contributed by atoms with Gasteiger partial charge >= 0.3 is 0 Å². The molecule has 0 aliphatic heterocycles. The molecule has 0 saturated carbocycles. The summed E-state index contributed by atoms with van der Waals surface area (Å²) in [4.78, 5) is 2.33. The molecule has 9 rings (SSSR count). The second-order valence-corrected chi connectivity index (χ2v) is 11.6. The number of rotatable bonds is 4. The van der Waals surface area contributed by atoms with Crippen molar-refractivity contribution in [3.8, 4) is 11.1 Å².